The van der Waals surface area contributed by atoms with E-state index in [0.717, 1.165) is 25.1 Å². The number of aromatic nitrogens is 1. The highest BCUT2D eigenvalue weighted by Gasteiger charge is 2.37. The van der Waals surface area contributed by atoms with E-state index < -0.39 is 23.2 Å². The summed E-state index contributed by atoms with van der Waals surface area (Å²) in [5, 5.41) is 18.3. The number of alkyl halides is 3. The maximum Gasteiger partial charge on any atom is 0.416 e. The first-order valence-corrected chi connectivity index (χ1v) is 8.99. The summed E-state index contributed by atoms with van der Waals surface area (Å²) in [7, 11) is 0. The molecular weight excluding hydrogens is 367 g/mol. The zero-order chi connectivity index (χ0) is 18.8. The minimum absolute atomic E-state index is 0.159. The number of nitrogens with zero attached hydrogens (tertiary/aromatic N) is 1. The summed E-state index contributed by atoms with van der Waals surface area (Å²) in [6.07, 6.45) is -3.25. The van der Waals surface area contributed by atoms with Gasteiger partial charge in [0.15, 0.2) is 5.60 Å². The van der Waals surface area contributed by atoms with Crippen molar-refractivity contribution >= 4 is 17.2 Å². The van der Waals surface area contributed by atoms with Gasteiger partial charge >= 0.3 is 6.18 Å². The highest BCUT2D eigenvalue weighted by atomic mass is 32.1. The van der Waals surface area contributed by atoms with Crippen LogP contribution in [0.15, 0.2) is 29.6 Å². The Morgan fingerprint density at radius 2 is 2.08 bits per heavy atom. The number of nitrogens with one attached hydrogen (secondary N) is 2. The fraction of sp³-hybridized carbons (Fsp3) is 0.412. The Kier molecular flexibility index (Phi) is 5.31. The van der Waals surface area contributed by atoms with Crippen LogP contribution in [0.25, 0.3) is 11.3 Å². The van der Waals surface area contributed by atoms with Crippen LogP contribution in [0.2, 0.25) is 0 Å². The molecule has 1 aromatic heterocycles. The van der Waals surface area contributed by atoms with Gasteiger partial charge in [0, 0.05) is 17.5 Å². The summed E-state index contributed by atoms with van der Waals surface area (Å²) >= 11 is 1.30. The highest BCUT2D eigenvalue weighted by Crippen LogP contribution is 2.31. The van der Waals surface area contributed by atoms with Crippen molar-refractivity contribution in [2.45, 2.75) is 31.2 Å². The summed E-state index contributed by atoms with van der Waals surface area (Å²) in [4.78, 5) is 16.5. The molecule has 140 valence electrons. The smallest absolute Gasteiger partial charge is 0.379 e. The molecule has 1 aliphatic rings. The van der Waals surface area contributed by atoms with Crippen LogP contribution in [-0.4, -0.2) is 34.7 Å². The minimum Gasteiger partial charge on any atom is -0.379 e. The van der Waals surface area contributed by atoms with E-state index in [1.165, 1.54) is 23.5 Å². The molecule has 0 radical (unpaired) electrons. The Balaban J connectivity index is 1.62. The Labute approximate surface area is 152 Å². The van der Waals surface area contributed by atoms with Crippen LogP contribution >= 0.6 is 11.3 Å². The number of carbonyl (C=O) groups excluding carboxylic acids is 1. The zero-order valence-corrected chi connectivity index (χ0v) is 14.6. The second kappa shape index (κ2) is 7.34. The molecular formula is C17H18F3N3O2S. The number of amides is 1. The van der Waals surface area contributed by atoms with E-state index in [0.29, 0.717) is 22.7 Å². The third-order valence-electron chi connectivity index (χ3n) is 4.24. The third-order valence-corrected chi connectivity index (χ3v) is 5.09. The SMILES string of the molecule is O=C(NCc1nc(-c2ccc(C(F)(F)F)cc2)cs1)C1(O)CCCNC1. The Bertz CT molecular complexity index is 768. The quantitative estimate of drug-likeness (QED) is 0.756. The monoisotopic (exact) mass is 385 g/mol. The second-order valence-corrected chi connectivity index (χ2v) is 7.14. The van der Waals surface area contributed by atoms with Crippen LogP contribution in [-0.2, 0) is 17.5 Å². The molecule has 0 bridgehead atoms. The van der Waals surface area contributed by atoms with Gasteiger partial charge in [-0.1, -0.05) is 12.1 Å². The summed E-state index contributed by atoms with van der Waals surface area (Å²) in [5.74, 6) is -0.448. The predicted octanol–water partition coefficient (Wildman–Crippen LogP) is 2.56. The van der Waals surface area contributed by atoms with Crippen molar-refractivity contribution < 1.29 is 23.1 Å². The first-order valence-electron chi connectivity index (χ1n) is 8.11. The van der Waals surface area contributed by atoms with E-state index in [9.17, 15) is 23.1 Å². The number of carbonyl (C=O) groups is 1. The van der Waals surface area contributed by atoms with Gasteiger partial charge in [-0.2, -0.15) is 13.2 Å². The van der Waals surface area contributed by atoms with E-state index in [-0.39, 0.29) is 13.1 Å². The van der Waals surface area contributed by atoms with Gasteiger partial charge < -0.3 is 15.7 Å². The number of benzene rings is 1. The minimum atomic E-state index is -4.37. The fourth-order valence-electron chi connectivity index (χ4n) is 2.76. The Morgan fingerprint density at radius 1 is 1.35 bits per heavy atom. The molecule has 1 atom stereocenters. The van der Waals surface area contributed by atoms with E-state index >= 15 is 0 Å². The first kappa shape index (κ1) is 18.8. The van der Waals surface area contributed by atoms with E-state index in [1.807, 2.05) is 0 Å². The van der Waals surface area contributed by atoms with Crippen LogP contribution < -0.4 is 10.6 Å². The molecule has 3 N–H and O–H groups in total. The lowest BCUT2D eigenvalue weighted by atomic mass is 9.93. The van der Waals surface area contributed by atoms with Gasteiger partial charge in [-0.15, -0.1) is 11.3 Å². The van der Waals surface area contributed by atoms with Gasteiger partial charge in [-0.25, -0.2) is 4.98 Å². The number of piperidine rings is 1. The standard InChI is InChI=1S/C17H18F3N3O2S/c18-17(19,20)12-4-2-11(3-5-12)13-9-26-14(23-13)8-22-15(24)16(25)6-1-7-21-10-16/h2-5,9,21,25H,1,6-8,10H2,(H,22,24). The van der Waals surface area contributed by atoms with Crippen molar-refractivity contribution in [3.63, 3.8) is 0 Å². The van der Waals surface area contributed by atoms with Crippen molar-refractivity contribution in [2.75, 3.05) is 13.1 Å². The molecule has 5 nitrogen and oxygen atoms in total. The maximum atomic E-state index is 12.6. The molecule has 9 heteroatoms. The molecule has 0 saturated carbocycles. The number of hydrogen-bond donors (Lipinski definition) is 3. The van der Waals surface area contributed by atoms with Gasteiger partial charge in [0.05, 0.1) is 17.8 Å². The Hall–Kier alpha value is -1.97. The fourth-order valence-corrected chi connectivity index (χ4v) is 3.50. The zero-order valence-electron chi connectivity index (χ0n) is 13.8. The van der Waals surface area contributed by atoms with Gasteiger partial charge in [-0.3, -0.25) is 4.79 Å². The van der Waals surface area contributed by atoms with Crippen molar-refractivity contribution in [3.05, 3.63) is 40.2 Å². The lowest BCUT2D eigenvalue weighted by Crippen LogP contribution is -2.55. The topological polar surface area (TPSA) is 74.2 Å². The molecule has 2 aromatic rings. The van der Waals surface area contributed by atoms with E-state index in [2.05, 4.69) is 15.6 Å². The molecule has 1 amide bonds. The molecule has 26 heavy (non-hydrogen) atoms. The average molecular weight is 385 g/mol. The van der Waals surface area contributed by atoms with Gasteiger partial charge in [0.2, 0.25) is 0 Å². The molecule has 1 aliphatic heterocycles. The van der Waals surface area contributed by atoms with Crippen LogP contribution in [0, 0.1) is 0 Å². The number of β-amino-alcohol motifs (C(OH)–C–C–N with tert-alkyl or cyclic N) is 1. The summed E-state index contributed by atoms with van der Waals surface area (Å²) < 4.78 is 37.8. The van der Waals surface area contributed by atoms with E-state index in [4.69, 9.17) is 0 Å². The molecule has 0 spiro atoms. The summed E-state index contributed by atoms with van der Waals surface area (Å²) in [6.45, 7) is 1.15. The molecule has 1 fully saturated rings. The lowest BCUT2D eigenvalue weighted by Gasteiger charge is -2.30. The normalized spacial score (nSPS) is 20.8. The molecule has 3 rings (SSSR count). The number of halogens is 3. The van der Waals surface area contributed by atoms with Crippen molar-refractivity contribution in [1.29, 1.82) is 0 Å². The second-order valence-electron chi connectivity index (χ2n) is 6.20. The van der Waals surface area contributed by atoms with Crippen molar-refractivity contribution in [3.8, 4) is 11.3 Å². The number of hydrogen-bond acceptors (Lipinski definition) is 5. The lowest BCUT2D eigenvalue weighted by molar-refractivity contribution is -0.141. The summed E-state index contributed by atoms with van der Waals surface area (Å²) in [6, 6.07) is 4.77. The predicted molar refractivity (Wildman–Crippen MR) is 91.5 cm³/mol. The average Bonchev–Trinajstić information content (AvgIpc) is 3.08. The number of thiazole rings is 1. The van der Waals surface area contributed by atoms with Crippen LogP contribution in [0.4, 0.5) is 13.2 Å². The largest absolute Gasteiger partial charge is 0.416 e. The summed E-state index contributed by atoms with van der Waals surface area (Å²) in [5.41, 5.74) is -1.00. The molecule has 1 saturated heterocycles. The Morgan fingerprint density at radius 3 is 2.69 bits per heavy atom. The third kappa shape index (κ3) is 4.22. The van der Waals surface area contributed by atoms with Crippen molar-refractivity contribution in [2.24, 2.45) is 0 Å². The highest BCUT2D eigenvalue weighted by molar-refractivity contribution is 7.09. The van der Waals surface area contributed by atoms with Gasteiger partial charge in [0.1, 0.15) is 5.01 Å². The molecule has 0 aliphatic carbocycles. The van der Waals surface area contributed by atoms with Crippen LogP contribution in [0.3, 0.4) is 0 Å². The van der Waals surface area contributed by atoms with Gasteiger partial charge in [-0.05, 0) is 31.5 Å². The molecule has 1 unspecified atom stereocenters. The van der Waals surface area contributed by atoms with E-state index in [1.54, 1.807) is 5.38 Å². The van der Waals surface area contributed by atoms with Crippen LogP contribution in [0.5, 0.6) is 0 Å². The number of aliphatic hydroxyl groups is 1. The maximum absolute atomic E-state index is 12.6. The van der Waals surface area contributed by atoms with Crippen LogP contribution in [0.1, 0.15) is 23.4 Å². The number of rotatable bonds is 4. The first-order chi connectivity index (χ1) is 12.3. The molecule has 2 heterocycles. The van der Waals surface area contributed by atoms with Gasteiger partial charge in [0.25, 0.3) is 5.91 Å². The van der Waals surface area contributed by atoms with Crippen molar-refractivity contribution in [1.82, 2.24) is 15.6 Å². The molecule has 1 aromatic carbocycles.